The third-order valence-electron chi connectivity index (χ3n) is 5.57. The number of nitrogens with zero attached hydrogens (tertiary/aromatic N) is 5. The van der Waals surface area contributed by atoms with Crippen LogP contribution in [-0.2, 0) is 0 Å². The number of anilines is 1. The lowest BCUT2D eigenvalue weighted by atomic mass is 9.98. The van der Waals surface area contributed by atoms with Gasteiger partial charge in [-0.1, -0.05) is 11.6 Å². The Labute approximate surface area is 162 Å². The minimum Gasteiger partial charge on any atom is -0.393 e. The van der Waals surface area contributed by atoms with Gasteiger partial charge in [0.1, 0.15) is 34.7 Å². The summed E-state index contributed by atoms with van der Waals surface area (Å²) in [5.41, 5.74) is -0.459. The van der Waals surface area contributed by atoms with Crippen LogP contribution in [0, 0.1) is 17.5 Å². The van der Waals surface area contributed by atoms with Crippen LogP contribution in [0.1, 0.15) is 25.7 Å². The van der Waals surface area contributed by atoms with E-state index < -0.39 is 29.1 Å². The Morgan fingerprint density at radius 2 is 1.68 bits per heavy atom. The van der Waals surface area contributed by atoms with Gasteiger partial charge in [-0.3, -0.25) is 0 Å². The highest BCUT2D eigenvalue weighted by Crippen LogP contribution is 2.46. The highest BCUT2D eigenvalue weighted by Gasteiger charge is 2.43. The molecule has 0 spiro atoms. The summed E-state index contributed by atoms with van der Waals surface area (Å²) in [6.07, 6.45) is 3.56. The second-order valence-corrected chi connectivity index (χ2v) is 7.59. The average Bonchev–Trinajstić information content (AvgIpc) is 3.17. The molecule has 2 aliphatic rings. The van der Waals surface area contributed by atoms with Gasteiger partial charge in [-0.25, -0.2) is 13.2 Å². The molecule has 6 nitrogen and oxygen atoms in total. The van der Waals surface area contributed by atoms with Crippen molar-refractivity contribution in [3.05, 3.63) is 41.1 Å². The molecule has 0 saturated carbocycles. The topological polar surface area (TPSA) is 66.5 Å². The molecule has 3 aromatic rings. The quantitative estimate of drug-likeness (QED) is 0.657. The summed E-state index contributed by atoms with van der Waals surface area (Å²) in [5, 5.41) is 14.2. The number of fused-ring (bicyclic) bond motifs is 3. The van der Waals surface area contributed by atoms with Crippen LogP contribution in [-0.4, -0.2) is 42.9 Å². The van der Waals surface area contributed by atoms with E-state index in [1.165, 1.54) is 10.8 Å². The molecular formula is C18H15ClF3N5O. The van der Waals surface area contributed by atoms with E-state index in [4.69, 9.17) is 11.6 Å². The fraction of sp³-hybridized carbons (Fsp3) is 0.389. The number of piperidine rings is 1. The maximum absolute atomic E-state index is 14.7. The van der Waals surface area contributed by atoms with E-state index >= 15 is 0 Å². The van der Waals surface area contributed by atoms with E-state index in [0.29, 0.717) is 30.8 Å². The number of aromatic nitrogens is 4. The zero-order chi connectivity index (χ0) is 19.6. The summed E-state index contributed by atoms with van der Waals surface area (Å²) >= 11 is 6.35. The van der Waals surface area contributed by atoms with Gasteiger partial charge in [0, 0.05) is 24.2 Å². The van der Waals surface area contributed by atoms with Crippen LogP contribution in [0.3, 0.4) is 0 Å². The lowest BCUT2D eigenvalue weighted by Gasteiger charge is -2.39. The van der Waals surface area contributed by atoms with Crippen LogP contribution in [0.4, 0.5) is 19.0 Å². The molecule has 4 heterocycles. The number of rotatable bonds is 2. The summed E-state index contributed by atoms with van der Waals surface area (Å²) in [7, 11) is 0. The molecule has 2 aromatic heterocycles. The summed E-state index contributed by atoms with van der Waals surface area (Å²) < 4.78 is 44.2. The Morgan fingerprint density at radius 3 is 2.32 bits per heavy atom. The second-order valence-electron chi connectivity index (χ2n) is 7.23. The van der Waals surface area contributed by atoms with Gasteiger partial charge in [0.2, 0.25) is 0 Å². The number of aliphatic hydroxyl groups excluding tert-OH is 1. The van der Waals surface area contributed by atoms with Gasteiger partial charge < -0.3 is 10.0 Å². The second kappa shape index (κ2) is 6.31. The van der Waals surface area contributed by atoms with Crippen LogP contribution in [0.25, 0.3) is 16.9 Å². The van der Waals surface area contributed by atoms with Crippen LogP contribution in [0.5, 0.6) is 0 Å². The first-order valence-corrected chi connectivity index (χ1v) is 9.32. The molecule has 2 bridgehead atoms. The Bertz CT molecular complexity index is 1050. The minimum atomic E-state index is -1.08. The van der Waals surface area contributed by atoms with Crippen molar-refractivity contribution >= 4 is 23.2 Å². The van der Waals surface area contributed by atoms with Crippen molar-refractivity contribution in [1.82, 2.24) is 19.6 Å². The van der Waals surface area contributed by atoms with Crippen LogP contribution in [0.15, 0.2) is 18.5 Å². The number of hydrogen-bond acceptors (Lipinski definition) is 5. The standard InChI is InChI=1S/C18H15ClF3N5O/c19-16-15(14-12(21)3-8(20)4-13(14)22)17(27-18(25-16)23-7-24-27)26-9-1-2-10(26)6-11(28)5-9/h3-4,7,9-11,28H,1-2,5-6H2/t9-,10+,11?. The van der Waals surface area contributed by atoms with Crippen molar-refractivity contribution in [2.45, 2.75) is 43.9 Å². The van der Waals surface area contributed by atoms with E-state index in [0.717, 1.165) is 12.8 Å². The van der Waals surface area contributed by atoms with Gasteiger partial charge in [-0.05, 0) is 25.7 Å². The first kappa shape index (κ1) is 17.7. The zero-order valence-corrected chi connectivity index (χ0v) is 15.2. The molecule has 10 heteroatoms. The molecular weight excluding hydrogens is 395 g/mol. The van der Waals surface area contributed by atoms with Gasteiger partial charge >= 0.3 is 0 Å². The molecule has 5 rings (SSSR count). The Hall–Kier alpha value is -2.39. The van der Waals surface area contributed by atoms with Gasteiger partial charge in [0.05, 0.1) is 17.2 Å². The molecule has 0 amide bonds. The van der Waals surface area contributed by atoms with E-state index in [9.17, 15) is 18.3 Å². The minimum absolute atomic E-state index is 0.00274. The van der Waals surface area contributed by atoms with Crippen LogP contribution >= 0.6 is 11.6 Å². The lowest BCUT2D eigenvalue weighted by molar-refractivity contribution is 0.126. The molecule has 28 heavy (non-hydrogen) atoms. The number of benzene rings is 1. The van der Waals surface area contributed by atoms with Crippen molar-refractivity contribution in [1.29, 1.82) is 0 Å². The molecule has 1 unspecified atom stereocenters. The fourth-order valence-corrected chi connectivity index (χ4v) is 4.79. The molecule has 2 aliphatic heterocycles. The smallest absolute Gasteiger partial charge is 0.255 e. The Balaban J connectivity index is 1.82. The van der Waals surface area contributed by atoms with E-state index in [1.807, 2.05) is 4.90 Å². The monoisotopic (exact) mass is 409 g/mol. The molecule has 0 aliphatic carbocycles. The normalized spacial score (nSPS) is 24.3. The third kappa shape index (κ3) is 2.56. The average molecular weight is 410 g/mol. The van der Waals surface area contributed by atoms with Gasteiger partial charge in [-0.15, -0.1) is 0 Å². The molecule has 0 radical (unpaired) electrons. The zero-order valence-electron chi connectivity index (χ0n) is 14.5. The first-order valence-electron chi connectivity index (χ1n) is 8.94. The maximum Gasteiger partial charge on any atom is 0.255 e. The van der Waals surface area contributed by atoms with Crippen molar-refractivity contribution in [3.8, 4) is 11.1 Å². The maximum atomic E-state index is 14.7. The van der Waals surface area contributed by atoms with Crippen molar-refractivity contribution in [2.75, 3.05) is 4.90 Å². The SMILES string of the molecule is OC1C[C@H]2CC[C@@H](C1)N2c1c(-c2c(F)cc(F)cc2F)c(Cl)nc2ncnn12. The largest absolute Gasteiger partial charge is 0.393 e. The van der Waals surface area contributed by atoms with Crippen molar-refractivity contribution in [2.24, 2.45) is 0 Å². The summed E-state index contributed by atoms with van der Waals surface area (Å²) in [4.78, 5) is 10.2. The highest BCUT2D eigenvalue weighted by molar-refractivity contribution is 6.33. The predicted octanol–water partition coefficient (Wildman–Crippen LogP) is 3.35. The van der Waals surface area contributed by atoms with E-state index in [-0.39, 0.29) is 28.6 Å². The van der Waals surface area contributed by atoms with Crippen LogP contribution in [0.2, 0.25) is 5.15 Å². The summed E-state index contributed by atoms with van der Waals surface area (Å²) in [6.45, 7) is 0. The number of aliphatic hydroxyl groups is 1. The molecule has 3 atom stereocenters. The highest BCUT2D eigenvalue weighted by atomic mass is 35.5. The van der Waals surface area contributed by atoms with E-state index in [2.05, 4.69) is 15.1 Å². The van der Waals surface area contributed by atoms with Gasteiger partial charge in [0.15, 0.2) is 0 Å². The van der Waals surface area contributed by atoms with Crippen LogP contribution < -0.4 is 4.90 Å². The van der Waals surface area contributed by atoms with Gasteiger partial charge in [-0.2, -0.15) is 19.6 Å². The Kier molecular flexibility index (Phi) is 3.99. The molecule has 146 valence electrons. The first-order chi connectivity index (χ1) is 13.4. The molecule has 1 aromatic carbocycles. The lowest BCUT2D eigenvalue weighted by Crippen LogP contribution is -2.46. The third-order valence-corrected chi connectivity index (χ3v) is 5.84. The van der Waals surface area contributed by atoms with Crippen molar-refractivity contribution in [3.63, 3.8) is 0 Å². The number of halogens is 4. The Morgan fingerprint density at radius 1 is 1.04 bits per heavy atom. The number of hydrogen-bond donors (Lipinski definition) is 1. The fourth-order valence-electron chi connectivity index (χ4n) is 4.53. The summed E-state index contributed by atoms with van der Waals surface area (Å²) in [5.74, 6) is -2.63. The molecule has 1 N–H and O–H groups in total. The van der Waals surface area contributed by atoms with Gasteiger partial charge in [0.25, 0.3) is 5.78 Å². The van der Waals surface area contributed by atoms with Crippen molar-refractivity contribution < 1.29 is 18.3 Å². The molecule has 2 fully saturated rings. The predicted molar refractivity (Wildman–Crippen MR) is 95.6 cm³/mol. The van der Waals surface area contributed by atoms with E-state index in [1.54, 1.807) is 0 Å². The molecule has 2 saturated heterocycles. The summed E-state index contributed by atoms with van der Waals surface area (Å²) in [6, 6.07) is 1.15.